The molecule has 2 nitrogen and oxygen atoms in total. The Balaban J connectivity index is 2.21. The fourth-order valence-electron chi connectivity index (χ4n) is 1.72. The molecule has 0 aliphatic heterocycles. The van der Waals surface area contributed by atoms with Crippen LogP contribution in [-0.2, 0) is 6.42 Å². The quantitative estimate of drug-likeness (QED) is 0.863. The maximum Gasteiger partial charge on any atom is 0.0753 e. The fraction of sp³-hybridized carbons (Fsp3) is 0.143. The van der Waals surface area contributed by atoms with Gasteiger partial charge in [-0.3, -0.25) is 4.98 Å². The summed E-state index contributed by atoms with van der Waals surface area (Å²) in [4.78, 5) is 4.06. The second-order valence-corrected chi connectivity index (χ2v) is 4.72. The zero-order valence-corrected chi connectivity index (χ0v) is 10.8. The van der Waals surface area contributed by atoms with Crippen molar-refractivity contribution in [1.29, 1.82) is 5.26 Å². The SMILES string of the molecule is N#CC(Cc1cccnc1)c1cccc(Br)c1. The first-order chi connectivity index (χ1) is 8.29. The predicted octanol–water partition coefficient (Wildman–Crippen LogP) is 3.69. The highest BCUT2D eigenvalue weighted by Gasteiger charge is 2.11. The molecule has 2 rings (SSSR count). The van der Waals surface area contributed by atoms with Crippen LogP contribution in [0.5, 0.6) is 0 Å². The predicted molar refractivity (Wildman–Crippen MR) is 70.4 cm³/mol. The van der Waals surface area contributed by atoms with E-state index in [-0.39, 0.29) is 5.92 Å². The Labute approximate surface area is 109 Å². The molecule has 1 atom stereocenters. The molecule has 3 heteroatoms. The van der Waals surface area contributed by atoms with Gasteiger partial charge >= 0.3 is 0 Å². The first-order valence-corrected chi connectivity index (χ1v) is 6.13. The van der Waals surface area contributed by atoms with Crippen molar-refractivity contribution in [3.05, 3.63) is 64.4 Å². The number of rotatable bonds is 3. The van der Waals surface area contributed by atoms with Gasteiger partial charge < -0.3 is 0 Å². The lowest BCUT2D eigenvalue weighted by molar-refractivity contribution is 0.843. The second kappa shape index (κ2) is 5.60. The minimum Gasteiger partial charge on any atom is -0.264 e. The lowest BCUT2D eigenvalue weighted by Crippen LogP contribution is -2.00. The van der Waals surface area contributed by atoms with E-state index in [0.29, 0.717) is 6.42 Å². The Morgan fingerprint density at radius 2 is 2.18 bits per heavy atom. The van der Waals surface area contributed by atoms with Gasteiger partial charge in [0.25, 0.3) is 0 Å². The van der Waals surface area contributed by atoms with Crippen LogP contribution < -0.4 is 0 Å². The second-order valence-electron chi connectivity index (χ2n) is 3.80. The van der Waals surface area contributed by atoms with Crippen LogP contribution in [0.15, 0.2) is 53.3 Å². The molecule has 0 aliphatic carbocycles. The number of aromatic nitrogens is 1. The van der Waals surface area contributed by atoms with E-state index in [0.717, 1.165) is 15.6 Å². The minimum absolute atomic E-state index is 0.128. The van der Waals surface area contributed by atoms with E-state index in [1.807, 2.05) is 42.6 Å². The molecule has 1 aromatic heterocycles. The fourth-order valence-corrected chi connectivity index (χ4v) is 2.13. The molecular weight excluding hydrogens is 276 g/mol. The molecule has 0 bridgehead atoms. The van der Waals surface area contributed by atoms with Crippen LogP contribution in [0.4, 0.5) is 0 Å². The molecule has 0 amide bonds. The third-order valence-corrected chi connectivity index (χ3v) is 3.06. The largest absolute Gasteiger partial charge is 0.264 e. The molecule has 0 N–H and O–H groups in total. The number of pyridine rings is 1. The van der Waals surface area contributed by atoms with Crippen molar-refractivity contribution in [3.8, 4) is 6.07 Å². The molecule has 17 heavy (non-hydrogen) atoms. The van der Waals surface area contributed by atoms with Crippen LogP contribution in [0.25, 0.3) is 0 Å². The lowest BCUT2D eigenvalue weighted by atomic mass is 9.94. The van der Waals surface area contributed by atoms with E-state index in [9.17, 15) is 5.26 Å². The van der Waals surface area contributed by atoms with Crippen LogP contribution >= 0.6 is 15.9 Å². The summed E-state index contributed by atoms with van der Waals surface area (Å²) in [5.74, 6) is -0.128. The molecule has 0 fully saturated rings. The van der Waals surface area contributed by atoms with E-state index < -0.39 is 0 Å². The Kier molecular flexibility index (Phi) is 3.89. The average Bonchev–Trinajstić information content (AvgIpc) is 2.37. The van der Waals surface area contributed by atoms with Gasteiger partial charge in [0.2, 0.25) is 0 Å². The summed E-state index contributed by atoms with van der Waals surface area (Å²) < 4.78 is 1.00. The summed E-state index contributed by atoms with van der Waals surface area (Å²) in [6.07, 6.45) is 4.24. The molecule has 0 saturated heterocycles. The standard InChI is InChI=1S/C14H11BrN2/c15-14-5-1-4-12(8-14)13(9-16)7-11-3-2-6-17-10-11/h1-6,8,10,13H,7H2. The zero-order valence-electron chi connectivity index (χ0n) is 9.18. The summed E-state index contributed by atoms with van der Waals surface area (Å²) >= 11 is 3.42. The molecule has 0 radical (unpaired) electrons. The highest BCUT2D eigenvalue weighted by Crippen LogP contribution is 2.22. The maximum absolute atomic E-state index is 9.25. The molecule has 84 valence electrons. The van der Waals surface area contributed by atoms with Crippen LogP contribution in [0.1, 0.15) is 17.0 Å². The number of nitriles is 1. The molecular formula is C14H11BrN2. The van der Waals surface area contributed by atoms with E-state index in [1.165, 1.54) is 0 Å². The molecule has 0 aliphatic rings. The highest BCUT2D eigenvalue weighted by molar-refractivity contribution is 9.10. The van der Waals surface area contributed by atoms with E-state index in [4.69, 9.17) is 0 Å². The molecule has 2 aromatic rings. The summed E-state index contributed by atoms with van der Waals surface area (Å²) in [5, 5.41) is 9.25. The van der Waals surface area contributed by atoms with E-state index >= 15 is 0 Å². The number of hydrogen-bond acceptors (Lipinski definition) is 2. The lowest BCUT2D eigenvalue weighted by Gasteiger charge is -2.09. The third-order valence-electron chi connectivity index (χ3n) is 2.57. The van der Waals surface area contributed by atoms with Crippen molar-refractivity contribution in [2.75, 3.05) is 0 Å². The molecule has 0 saturated carbocycles. The van der Waals surface area contributed by atoms with Gasteiger partial charge in [-0.2, -0.15) is 5.26 Å². The summed E-state index contributed by atoms with van der Waals surface area (Å²) in [7, 11) is 0. The zero-order chi connectivity index (χ0) is 12.1. The maximum atomic E-state index is 9.25. The first kappa shape index (κ1) is 11.8. The van der Waals surface area contributed by atoms with E-state index in [2.05, 4.69) is 27.0 Å². The minimum atomic E-state index is -0.128. The van der Waals surface area contributed by atoms with E-state index in [1.54, 1.807) is 6.20 Å². The van der Waals surface area contributed by atoms with Crippen molar-refractivity contribution in [2.45, 2.75) is 12.3 Å². The summed E-state index contributed by atoms with van der Waals surface area (Å²) in [5.41, 5.74) is 2.12. The first-order valence-electron chi connectivity index (χ1n) is 5.33. The van der Waals surface area contributed by atoms with Gasteiger partial charge in [-0.15, -0.1) is 0 Å². The Hall–Kier alpha value is -1.66. The average molecular weight is 287 g/mol. The van der Waals surface area contributed by atoms with Crippen molar-refractivity contribution in [1.82, 2.24) is 4.98 Å². The van der Waals surface area contributed by atoms with Gasteiger partial charge in [0, 0.05) is 16.9 Å². The van der Waals surface area contributed by atoms with Gasteiger partial charge in [-0.05, 0) is 35.7 Å². The van der Waals surface area contributed by atoms with Crippen molar-refractivity contribution in [2.24, 2.45) is 0 Å². The van der Waals surface area contributed by atoms with Crippen LogP contribution in [-0.4, -0.2) is 4.98 Å². The Bertz CT molecular complexity index is 531. The van der Waals surface area contributed by atoms with Crippen LogP contribution in [0, 0.1) is 11.3 Å². The Morgan fingerprint density at radius 3 is 2.82 bits per heavy atom. The smallest absolute Gasteiger partial charge is 0.0753 e. The molecule has 1 aromatic carbocycles. The van der Waals surface area contributed by atoms with Gasteiger partial charge in [-0.1, -0.05) is 34.1 Å². The number of nitrogens with zero attached hydrogens (tertiary/aromatic N) is 2. The Morgan fingerprint density at radius 1 is 1.29 bits per heavy atom. The number of halogens is 1. The highest BCUT2D eigenvalue weighted by atomic mass is 79.9. The van der Waals surface area contributed by atoms with Gasteiger partial charge in [0.15, 0.2) is 0 Å². The normalized spacial score (nSPS) is 11.8. The van der Waals surface area contributed by atoms with Crippen LogP contribution in [0.3, 0.4) is 0 Å². The third kappa shape index (κ3) is 3.15. The van der Waals surface area contributed by atoms with Crippen LogP contribution in [0.2, 0.25) is 0 Å². The molecule has 1 heterocycles. The van der Waals surface area contributed by atoms with Crippen molar-refractivity contribution >= 4 is 15.9 Å². The van der Waals surface area contributed by atoms with Gasteiger partial charge in [0.05, 0.1) is 12.0 Å². The number of benzene rings is 1. The monoisotopic (exact) mass is 286 g/mol. The van der Waals surface area contributed by atoms with Gasteiger partial charge in [0.1, 0.15) is 0 Å². The summed E-state index contributed by atoms with van der Waals surface area (Å²) in [6.45, 7) is 0. The van der Waals surface area contributed by atoms with Gasteiger partial charge in [-0.25, -0.2) is 0 Å². The molecule has 0 spiro atoms. The summed E-state index contributed by atoms with van der Waals surface area (Å²) in [6, 6.07) is 14.1. The topological polar surface area (TPSA) is 36.7 Å². The van der Waals surface area contributed by atoms with Crippen molar-refractivity contribution < 1.29 is 0 Å². The molecule has 1 unspecified atom stereocenters. The van der Waals surface area contributed by atoms with Crippen molar-refractivity contribution in [3.63, 3.8) is 0 Å². The number of hydrogen-bond donors (Lipinski definition) is 0.